The summed E-state index contributed by atoms with van der Waals surface area (Å²) in [4.78, 5) is 11.9. The van der Waals surface area contributed by atoms with E-state index in [0.29, 0.717) is 12.8 Å². The number of aryl methyl sites for hydroxylation is 1. The summed E-state index contributed by atoms with van der Waals surface area (Å²) in [6.45, 7) is 3.88. The van der Waals surface area contributed by atoms with Gasteiger partial charge in [-0.15, -0.1) is 0 Å². The Morgan fingerprint density at radius 1 is 1.10 bits per heavy atom. The number of aliphatic carboxylic acids is 1. The number of anilines is 1. The van der Waals surface area contributed by atoms with Crippen LogP contribution in [0.5, 0.6) is 0 Å². The van der Waals surface area contributed by atoms with Gasteiger partial charge in [0.1, 0.15) is 5.54 Å². The molecule has 3 nitrogen and oxygen atoms in total. The number of carboxylic acid groups (broad SMARTS) is 1. The van der Waals surface area contributed by atoms with Gasteiger partial charge in [0.2, 0.25) is 0 Å². The molecule has 0 saturated carbocycles. The van der Waals surface area contributed by atoms with Gasteiger partial charge in [0, 0.05) is 12.1 Å². The first-order chi connectivity index (χ1) is 10.1. The van der Waals surface area contributed by atoms with Crippen LogP contribution >= 0.6 is 0 Å². The van der Waals surface area contributed by atoms with Crippen LogP contribution in [0.1, 0.15) is 24.5 Å². The molecule has 2 N–H and O–H groups in total. The zero-order chi connectivity index (χ0) is 15.3. The van der Waals surface area contributed by atoms with E-state index in [2.05, 4.69) is 5.32 Å². The molecule has 0 bridgehead atoms. The molecule has 1 atom stereocenters. The Hall–Kier alpha value is -2.29. The lowest BCUT2D eigenvalue weighted by molar-refractivity contribution is -0.142. The maximum absolute atomic E-state index is 11.9. The minimum atomic E-state index is -0.993. The summed E-state index contributed by atoms with van der Waals surface area (Å²) in [7, 11) is 0. The van der Waals surface area contributed by atoms with Gasteiger partial charge in [0.15, 0.2) is 0 Å². The second kappa shape index (κ2) is 6.44. The van der Waals surface area contributed by atoms with Crippen molar-refractivity contribution in [3.63, 3.8) is 0 Å². The number of carboxylic acids is 1. The molecule has 2 rings (SSSR count). The third-order valence-corrected chi connectivity index (χ3v) is 3.88. The predicted molar refractivity (Wildman–Crippen MR) is 85.6 cm³/mol. The number of benzene rings is 2. The fourth-order valence-electron chi connectivity index (χ4n) is 2.45. The van der Waals surface area contributed by atoms with Gasteiger partial charge in [0.05, 0.1) is 0 Å². The van der Waals surface area contributed by atoms with Crippen molar-refractivity contribution in [2.75, 3.05) is 5.32 Å². The number of hydrogen-bond donors (Lipinski definition) is 2. The Bertz CT molecular complexity index is 610. The molecular weight excluding hydrogens is 262 g/mol. The highest BCUT2D eigenvalue weighted by Gasteiger charge is 2.37. The van der Waals surface area contributed by atoms with E-state index in [1.807, 2.05) is 68.4 Å². The van der Waals surface area contributed by atoms with Crippen molar-refractivity contribution < 1.29 is 9.90 Å². The first-order valence-electron chi connectivity index (χ1n) is 7.18. The van der Waals surface area contributed by atoms with Crippen LogP contribution in [0.15, 0.2) is 54.6 Å². The first kappa shape index (κ1) is 15.1. The molecule has 2 aromatic carbocycles. The first-order valence-corrected chi connectivity index (χ1v) is 7.18. The molecule has 110 valence electrons. The molecule has 21 heavy (non-hydrogen) atoms. The van der Waals surface area contributed by atoms with Crippen molar-refractivity contribution >= 4 is 11.7 Å². The lowest BCUT2D eigenvalue weighted by Gasteiger charge is -2.31. The van der Waals surface area contributed by atoms with Crippen LogP contribution in [-0.2, 0) is 11.2 Å². The number of hydrogen-bond acceptors (Lipinski definition) is 2. The Morgan fingerprint density at radius 2 is 1.71 bits per heavy atom. The fraction of sp³-hybridized carbons (Fsp3) is 0.278. The summed E-state index contributed by atoms with van der Waals surface area (Å²) in [6, 6.07) is 17.5. The van der Waals surface area contributed by atoms with E-state index in [1.165, 1.54) is 0 Å². The smallest absolute Gasteiger partial charge is 0.329 e. The third kappa shape index (κ3) is 3.43. The minimum Gasteiger partial charge on any atom is -0.479 e. The van der Waals surface area contributed by atoms with Crippen molar-refractivity contribution in [3.05, 3.63) is 65.7 Å². The Balaban J connectivity index is 2.33. The van der Waals surface area contributed by atoms with Gasteiger partial charge in [-0.1, -0.05) is 55.5 Å². The van der Waals surface area contributed by atoms with E-state index in [4.69, 9.17) is 0 Å². The number of para-hydroxylation sites is 1. The highest BCUT2D eigenvalue weighted by Crippen LogP contribution is 2.26. The standard InChI is InChI=1S/C18H21NO2/c1-3-18(17(20)21,13-15-10-5-4-6-11-15)19-16-12-8-7-9-14(16)2/h4-12,19H,3,13H2,1-2H3,(H,20,21). The van der Waals surface area contributed by atoms with E-state index in [-0.39, 0.29) is 0 Å². The van der Waals surface area contributed by atoms with Gasteiger partial charge >= 0.3 is 5.97 Å². The molecule has 0 fully saturated rings. The van der Waals surface area contributed by atoms with Crippen LogP contribution in [-0.4, -0.2) is 16.6 Å². The van der Waals surface area contributed by atoms with Crippen molar-refractivity contribution in [3.8, 4) is 0 Å². The van der Waals surface area contributed by atoms with E-state index < -0.39 is 11.5 Å². The van der Waals surface area contributed by atoms with Gasteiger partial charge < -0.3 is 10.4 Å². The zero-order valence-electron chi connectivity index (χ0n) is 12.5. The number of nitrogens with one attached hydrogen (secondary N) is 1. The summed E-state index contributed by atoms with van der Waals surface area (Å²) in [5.74, 6) is -0.822. The summed E-state index contributed by atoms with van der Waals surface area (Å²) in [5.41, 5.74) is 1.94. The van der Waals surface area contributed by atoms with Gasteiger partial charge in [-0.25, -0.2) is 4.79 Å². The highest BCUT2D eigenvalue weighted by molar-refractivity contribution is 5.83. The molecule has 0 heterocycles. The van der Waals surface area contributed by atoms with Crippen molar-refractivity contribution in [1.29, 1.82) is 0 Å². The number of rotatable bonds is 6. The lowest BCUT2D eigenvalue weighted by Crippen LogP contribution is -2.48. The summed E-state index contributed by atoms with van der Waals surface area (Å²) in [5, 5.41) is 13.0. The molecule has 0 aliphatic carbocycles. The van der Waals surface area contributed by atoms with Crippen molar-refractivity contribution in [2.45, 2.75) is 32.2 Å². The lowest BCUT2D eigenvalue weighted by atomic mass is 9.87. The van der Waals surface area contributed by atoms with E-state index in [9.17, 15) is 9.90 Å². The predicted octanol–water partition coefficient (Wildman–Crippen LogP) is 3.88. The largest absolute Gasteiger partial charge is 0.479 e. The van der Waals surface area contributed by atoms with E-state index in [1.54, 1.807) is 0 Å². The van der Waals surface area contributed by atoms with Gasteiger partial charge in [-0.3, -0.25) is 0 Å². The zero-order valence-corrected chi connectivity index (χ0v) is 12.5. The highest BCUT2D eigenvalue weighted by atomic mass is 16.4. The maximum atomic E-state index is 11.9. The molecular formula is C18H21NO2. The summed E-state index contributed by atoms with van der Waals surface area (Å²) in [6.07, 6.45) is 0.958. The summed E-state index contributed by atoms with van der Waals surface area (Å²) >= 11 is 0. The quantitative estimate of drug-likeness (QED) is 0.845. The molecule has 2 aromatic rings. The third-order valence-electron chi connectivity index (χ3n) is 3.88. The summed E-state index contributed by atoms with van der Waals surface area (Å²) < 4.78 is 0. The molecule has 0 saturated heterocycles. The molecule has 0 radical (unpaired) electrons. The van der Waals surface area contributed by atoms with Crippen LogP contribution in [0.2, 0.25) is 0 Å². The monoisotopic (exact) mass is 283 g/mol. The topological polar surface area (TPSA) is 49.3 Å². The SMILES string of the molecule is CCC(Cc1ccccc1)(Nc1ccccc1C)C(=O)O. The molecule has 0 amide bonds. The number of carbonyl (C=O) groups is 1. The Morgan fingerprint density at radius 3 is 2.29 bits per heavy atom. The Kier molecular flexibility index (Phi) is 4.63. The van der Waals surface area contributed by atoms with E-state index in [0.717, 1.165) is 16.8 Å². The van der Waals surface area contributed by atoms with Crippen LogP contribution in [0, 0.1) is 6.92 Å². The van der Waals surface area contributed by atoms with Gasteiger partial charge in [0.25, 0.3) is 0 Å². The molecule has 0 spiro atoms. The fourth-order valence-corrected chi connectivity index (χ4v) is 2.45. The average molecular weight is 283 g/mol. The maximum Gasteiger partial charge on any atom is 0.329 e. The van der Waals surface area contributed by atoms with Gasteiger partial charge in [-0.2, -0.15) is 0 Å². The molecule has 1 unspecified atom stereocenters. The second-order valence-corrected chi connectivity index (χ2v) is 5.34. The molecule has 0 aliphatic heterocycles. The van der Waals surface area contributed by atoms with Gasteiger partial charge in [-0.05, 0) is 30.5 Å². The van der Waals surface area contributed by atoms with Crippen molar-refractivity contribution in [2.24, 2.45) is 0 Å². The second-order valence-electron chi connectivity index (χ2n) is 5.34. The average Bonchev–Trinajstić information content (AvgIpc) is 2.49. The van der Waals surface area contributed by atoms with Crippen LogP contribution in [0.4, 0.5) is 5.69 Å². The molecule has 3 heteroatoms. The van der Waals surface area contributed by atoms with Crippen LogP contribution in [0.3, 0.4) is 0 Å². The van der Waals surface area contributed by atoms with Crippen molar-refractivity contribution in [1.82, 2.24) is 0 Å². The van der Waals surface area contributed by atoms with Crippen LogP contribution < -0.4 is 5.32 Å². The van der Waals surface area contributed by atoms with E-state index >= 15 is 0 Å². The van der Waals surface area contributed by atoms with Crippen LogP contribution in [0.25, 0.3) is 0 Å². The minimum absolute atomic E-state index is 0.452. The molecule has 0 aliphatic rings. The Labute approximate surface area is 125 Å². The normalized spacial score (nSPS) is 13.4. The molecule has 0 aromatic heterocycles.